The van der Waals surface area contributed by atoms with E-state index >= 15 is 0 Å². The maximum atomic E-state index is 13.4. The summed E-state index contributed by atoms with van der Waals surface area (Å²) in [5.41, 5.74) is 7.40. The first-order valence-corrected chi connectivity index (χ1v) is 12.4. The monoisotopic (exact) mass is 528 g/mol. The van der Waals surface area contributed by atoms with E-state index in [1.54, 1.807) is 36.4 Å². The molecular weight excluding hydrogens is 492 g/mol. The number of phenols is 1. The van der Waals surface area contributed by atoms with E-state index in [1.807, 2.05) is 19.9 Å². The molecule has 2 aromatic carbocycles. The number of nitrogens with two attached hydrogens (primary N) is 1. The number of aliphatic hydroxyl groups is 1. The number of carbonyl (C=O) groups excluding carboxylic acids is 3. The van der Waals surface area contributed by atoms with Crippen LogP contribution in [0.1, 0.15) is 31.4 Å². The Hall–Kier alpha value is -3.96. The summed E-state index contributed by atoms with van der Waals surface area (Å²) in [6.07, 6.45) is 0.732. The summed E-state index contributed by atoms with van der Waals surface area (Å²) in [6, 6.07) is 10.2. The third-order valence-electron chi connectivity index (χ3n) is 6.28. The fourth-order valence-corrected chi connectivity index (χ4v) is 3.65. The summed E-state index contributed by atoms with van der Waals surface area (Å²) in [4.78, 5) is 50.6. The van der Waals surface area contributed by atoms with Crippen molar-refractivity contribution in [2.75, 3.05) is 6.61 Å². The number of aliphatic carboxylic acids is 1. The molecule has 0 aromatic heterocycles. The predicted octanol–water partition coefficient (Wildman–Crippen LogP) is 0.0821. The van der Waals surface area contributed by atoms with Crippen molar-refractivity contribution in [2.24, 2.45) is 11.7 Å². The Bertz CT molecular complexity index is 1080. The Morgan fingerprint density at radius 2 is 1.26 bits per heavy atom. The predicted molar refractivity (Wildman–Crippen MR) is 140 cm³/mol. The fourth-order valence-electron chi connectivity index (χ4n) is 3.65. The molecule has 8 N–H and O–H groups in total. The smallest absolute Gasteiger partial charge is 0.328 e. The first-order valence-electron chi connectivity index (χ1n) is 12.4. The van der Waals surface area contributed by atoms with Crippen LogP contribution in [0.2, 0.25) is 0 Å². The standard InChI is InChI=1S/C27H36N4O7/c1-3-16(2)23(28)26(36)30-21(13-17-7-5-4-6-8-17)24(34)29-20(14-18-9-11-19(33)12-10-18)25(35)31-22(15-32)27(37)38/h4-12,16,20-23,32-33H,3,13-15,28H2,1-2H3,(H,29,34)(H,30,36)(H,31,35)(H,37,38). The van der Waals surface area contributed by atoms with Crippen LogP contribution in [0, 0.1) is 5.92 Å². The molecule has 38 heavy (non-hydrogen) atoms. The van der Waals surface area contributed by atoms with Gasteiger partial charge >= 0.3 is 5.97 Å². The van der Waals surface area contributed by atoms with Crippen molar-refractivity contribution in [1.82, 2.24) is 16.0 Å². The van der Waals surface area contributed by atoms with Gasteiger partial charge in [0.2, 0.25) is 17.7 Å². The van der Waals surface area contributed by atoms with Crippen molar-refractivity contribution < 1.29 is 34.5 Å². The van der Waals surface area contributed by atoms with Crippen molar-refractivity contribution >= 4 is 23.7 Å². The van der Waals surface area contributed by atoms with Gasteiger partial charge in [0.15, 0.2) is 0 Å². The van der Waals surface area contributed by atoms with E-state index < -0.39 is 54.5 Å². The quantitative estimate of drug-likeness (QED) is 0.179. The van der Waals surface area contributed by atoms with Gasteiger partial charge in [-0.1, -0.05) is 62.7 Å². The largest absolute Gasteiger partial charge is 0.508 e. The SMILES string of the molecule is CCC(C)C(N)C(=O)NC(Cc1ccccc1)C(=O)NC(Cc1ccc(O)cc1)C(=O)NC(CO)C(=O)O. The van der Waals surface area contributed by atoms with Gasteiger partial charge in [-0.2, -0.15) is 0 Å². The van der Waals surface area contributed by atoms with Gasteiger partial charge in [-0.15, -0.1) is 0 Å². The number of amides is 3. The highest BCUT2D eigenvalue weighted by Crippen LogP contribution is 2.13. The molecule has 206 valence electrons. The zero-order chi connectivity index (χ0) is 28.2. The van der Waals surface area contributed by atoms with Crippen LogP contribution in [0.3, 0.4) is 0 Å². The van der Waals surface area contributed by atoms with Gasteiger partial charge in [0, 0.05) is 12.8 Å². The third-order valence-corrected chi connectivity index (χ3v) is 6.28. The van der Waals surface area contributed by atoms with Gasteiger partial charge in [-0.3, -0.25) is 14.4 Å². The Kier molecular flexibility index (Phi) is 11.7. The first-order chi connectivity index (χ1) is 18.0. The summed E-state index contributed by atoms with van der Waals surface area (Å²) in [5, 5.41) is 35.6. The molecule has 0 radical (unpaired) electrons. The molecular formula is C27H36N4O7. The van der Waals surface area contributed by atoms with Gasteiger partial charge < -0.3 is 37.0 Å². The summed E-state index contributed by atoms with van der Waals surface area (Å²) >= 11 is 0. The molecule has 0 aliphatic rings. The van der Waals surface area contributed by atoms with Gasteiger partial charge in [-0.05, 0) is 29.2 Å². The number of hydrogen-bond donors (Lipinski definition) is 7. The molecule has 2 aromatic rings. The second-order valence-corrected chi connectivity index (χ2v) is 9.18. The molecule has 2 rings (SSSR count). The van der Waals surface area contributed by atoms with Crippen LogP contribution < -0.4 is 21.7 Å². The summed E-state index contributed by atoms with van der Waals surface area (Å²) in [5.74, 6) is -3.59. The van der Waals surface area contributed by atoms with Crippen LogP contribution in [-0.4, -0.2) is 69.8 Å². The topological polar surface area (TPSA) is 191 Å². The highest BCUT2D eigenvalue weighted by atomic mass is 16.4. The minimum atomic E-state index is -1.57. The first kappa shape index (κ1) is 30.3. The van der Waals surface area contributed by atoms with Crippen molar-refractivity contribution in [3.05, 3.63) is 65.7 Å². The van der Waals surface area contributed by atoms with Gasteiger partial charge in [0.05, 0.1) is 12.6 Å². The van der Waals surface area contributed by atoms with Crippen LogP contribution >= 0.6 is 0 Å². The number of benzene rings is 2. The van der Waals surface area contributed by atoms with E-state index in [1.165, 1.54) is 12.1 Å². The highest BCUT2D eigenvalue weighted by Gasteiger charge is 2.31. The number of hydrogen-bond acceptors (Lipinski definition) is 7. The minimum absolute atomic E-state index is 0.00768. The van der Waals surface area contributed by atoms with E-state index in [2.05, 4.69) is 16.0 Å². The van der Waals surface area contributed by atoms with Gasteiger partial charge in [-0.25, -0.2) is 4.79 Å². The van der Waals surface area contributed by atoms with Crippen LogP contribution in [0.4, 0.5) is 0 Å². The van der Waals surface area contributed by atoms with Crippen molar-refractivity contribution in [2.45, 2.75) is 57.3 Å². The van der Waals surface area contributed by atoms with Crippen LogP contribution in [0.5, 0.6) is 5.75 Å². The molecule has 5 unspecified atom stereocenters. The molecule has 0 spiro atoms. The lowest BCUT2D eigenvalue weighted by atomic mass is 9.98. The van der Waals surface area contributed by atoms with Crippen molar-refractivity contribution in [3.8, 4) is 5.75 Å². The summed E-state index contributed by atoms with van der Waals surface area (Å²) in [6.45, 7) is 2.88. The molecule has 11 nitrogen and oxygen atoms in total. The third kappa shape index (κ3) is 9.16. The number of carbonyl (C=O) groups is 4. The number of phenolic OH excluding ortho intramolecular Hbond substituents is 1. The number of carboxylic acid groups (broad SMARTS) is 1. The molecule has 5 atom stereocenters. The molecule has 0 saturated carbocycles. The lowest BCUT2D eigenvalue weighted by molar-refractivity contribution is -0.143. The molecule has 0 aliphatic heterocycles. The second-order valence-electron chi connectivity index (χ2n) is 9.18. The normalized spacial score (nSPS) is 14.8. The molecule has 0 fully saturated rings. The van der Waals surface area contributed by atoms with E-state index in [-0.39, 0.29) is 24.5 Å². The lowest BCUT2D eigenvalue weighted by Crippen LogP contribution is -2.58. The van der Waals surface area contributed by atoms with Crippen LogP contribution in [-0.2, 0) is 32.0 Å². The molecule has 0 bridgehead atoms. The maximum Gasteiger partial charge on any atom is 0.328 e. The summed E-state index contributed by atoms with van der Waals surface area (Å²) < 4.78 is 0. The number of aromatic hydroxyl groups is 1. The second kappa shape index (κ2) is 14.7. The Balaban J connectivity index is 2.31. The molecule has 0 heterocycles. The van der Waals surface area contributed by atoms with Crippen molar-refractivity contribution in [3.63, 3.8) is 0 Å². The summed E-state index contributed by atoms with van der Waals surface area (Å²) in [7, 11) is 0. The van der Waals surface area contributed by atoms with Gasteiger partial charge in [0.1, 0.15) is 23.9 Å². The van der Waals surface area contributed by atoms with E-state index in [0.29, 0.717) is 12.0 Å². The van der Waals surface area contributed by atoms with Gasteiger partial charge in [0.25, 0.3) is 0 Å². The maximum absolute atomic E-state index is 13.4. The Labute approximate surface area is 221 Å². The van der Waals surface area contributed by atoms with Crippen molar-refractivity contribution in [1.29, 1.82) is 0 Å². The fraction of sp³-hybridized carbons (Fsp3) is 0.407. The average molecular weight is 529 g/mol. The number of carboxylic acids is 1. The molecule has 11 heteroatoms. The van der Waals surface area contributed by atoms with Crippen LogP contribution in [0.15, 0.2) is 54.6 Å². The average Bonchev–Trinajstić information content (AvgIpc) is 2.91. The Morgan fingerprint density at radius 3 is 1.74 bits per heavy atom. The van der Waals surface area contributed by atoms with E-state index in [0.717, 1.165) is 5.56 Å². The molecule has 3 amide bonds. The minimum Gasteiger partial charge on any atom is -0.508 e. The molecule has 0 aliphatic carbocycles. The van der Waals surface area contributed by atoms with Crippen LogP contribution in [0.25, 0.3) is 0 Å². The highest BCUT2D eigenvalue weighted by molar-refractivity contribution is 5.94. The number of nitrogens with one attached hydrogen (secondary N) is 3. The van der Waals surface area contributed by atoms with E-state index in [9.17, 15) is 34.5 Å². The zero-order valence-corrected chi connectivity index (χ0v) is 21.5. The lowest BCUT2D eigenvalue weighted by Gasteiger charge is -2.26. The molecule has 0 saturated heterocycles. The number of aliphatic hydroxyl groups excluding tert-OH is 1. The zero-order valence-electron chi connectivity index (χ0n) is 21.5. The van der Waals surface area contributed by atoms with E-state index in [4.69, 9.17) is 5.73 Å². The Morgan fingerprint density at radius 1 is 0.789 bits per heavy atom. The number of rotatable bonds is 14.